The van der Waals surface area contributed by atoms with Gasteiger partial charge in [0.25, 0.3) is 0 Å². The van der Waals surface area contributed by atoms with Gasteiger partial charge in [-0.15, -0.1) is 0 Å². The van der Waals surface area contributed by atoms with Crippen molar-refractivity contribution in [3.63, 3.8) is 0 Å². The number of hydrogen-bond acceptors (Lipinski definition) is 0. The first kappa shape index (κ1) is 24.3. The van der Waals surface area contributed by atoms with E-state index in [4.69, 9.17) is 0 Å². The van der Waals surface area contributed by atoms with Gasteiger partial charge in [-0.25, -0.2) is 0 Å². The summed E-state index contributed by atoms with van der Waals surface area (Å²) in [5.41, 5.74) is 4.72. The van der Waals surface area contributed by atoms with Gasteiger partial charge in [0.2, 0.25) is 0 Å². The number of hydrogen-bond donors (Lipinski definition) is 0. The van der Waals surface area contributed by atoms with Gasteiger partial charge in [0.05, 0.1) is 0 Å². The molecule has 1 unspecified atom stereocenters. The van der Waals surface area contributed by atoms with Gasteiger partial charge in [-0.3, -0.25) is 0 Å². The van der Waals surface area contributed by atoms with Crippen molar-refractivity contribution in [2.24, 2.45) is 0 Å². The molecule has 0 heterocycles. The van der Waals surface area contributed by atoms with Crippen LogP contribution in [0.5, 0.6) is 0 Å². The van der Waals surface area contributed by atoms with E-state index in [1.807, 2.05) is 0 Å². The fourth-order valence-electron chi connectivity index (χ4n) is 4.24. The van der Waals surface area contributed by atoms with Crippen LogP contribution in [0.15, 0.2) is 18.2 Å². The first-order valence-corrected chi connectivity index (χ1v) is 12.3. The van der Waals surface area contributed by atoms with Crippen molar-refractivity contribution in [1.29, 1.82) is 0 Å². The Kier molecular flexibility index (Phi) is 14.6. The number of aryl methyl sites for hydroxylation is 1. The molecular formula is C27H48. The highest BCUT2D eigenvalue weighted by Crippen LogP contribution is 2.25. The van der Waals surface area contributed by atoms with E-state index in [1.165, 1.54) is 103 Å². The maximum absolute atomic E-state index is 2.36. The highest BCUT2D eigenvalue weighted by atomic mass is 14.1. The highest BCUT2D eigenvalue weighted by molar-refractivity contribution is 5.36. The predicted octanol–water partition coefficient (Wildman–Crippen LogP) is 9.53. The van der Waals surface area contributed by atoms with Gasteiger partial charge >= 0.3 is 0 Å². The van der Waals surface area contributed by atoms with Crippen molar-refractivity contribution in [2.75, 3.05) is 0 Å². The van der Waals surface area contributed by atoms with E-state index in [1.54, 1.807) is 16.7 Å². The topological polar surface area (TPSA) is 0 Å². The monoisotopic (exact) mass is 372 g/mol. The Morgan fingerprint density at radius 1 is 0.667 bits per heavy atom. The van der Waals surface area contributed by atoms with Gasteiger partial charge < -0.3 is 0 Å². The molecule has 1 aromatic rings. The molecule has 0 saturated carbocycles. The molecule has 156 valence electrons. The summed E-state index contributed by atoms with van der Waals surface area (Å²) in [6.45, 7) is 9.29. The van der Waals surface area contributed by atoms with E-state index < -0.39 is 0 Å². The first-order valence-electron chi connectivity index (χ1n) is 12.3. The average molecular weight is 373 g/mol. The quantitative estimate of drug-likeness (QED) is 0.239. The first-order chi connectivity index (χ1) is 13.2. The van der Waals surface area contributed by atoms with Crippen molar-refractivity contribution in [2.45, 2.75) is 136 Å². The zero-order valence-corrected chi connectivity index (χ0v) is 19.1. The molecule has 1 atom stereocenters. The van der Waals surface area contributed by atoms with Gasteiger partial charge in [0.15, 0.2) is 0 Å². The molecule has 0 aliphatic carbocycles. The smallest absolute Gasteiger partial charge is 0.0190 e. The molecule has 0 bridgehead atoms. The van der Waals surface area contributed by atoms with E-state index in [0.29, 0.717) is 5.92 Å². The van der Waals surface area contributed by atoms with Crippen molar-refractivity contribution >= 4 is 0 Å². The molecule has 0 fully saturated rings. The Hall–Kier alpha value is -0.780. The average Bonchev–Trinajstić information content (AvgIpc) is 2.68. The molecule has 0 spiro atoms. The summed E-state index contributed by atoms with van der Waals surface area (Å²) >= 11 is 0. The van der Waals surface area contributed by atoms with Crippen LogP contribution in [-0.4, -0.2) is 0 Å². The Balaban J connectivity index is 1.99. The van der Waals surface area contributed by atoms with Crippen LogP contribution in [0.2, 0.25) is 0 Å². The lowest BCUT2D eigenvalue weighted by atomic mass is 9.90. The fraction of sp³-hybridized carbons (Fsp3) is 0.778. The third-order valence-corrected chi connectivity index (χ3v) is 6.43. The van der Waals surface area contributed by atoms with Crippen LogP contribution in [0.25, 0.3) is 0 Å². The summed E-state index contributed by atoms with van der Waals surface area (Å²) in [5.74, 6) is 0.696. The fourth-order valence-corrected chi connectivity index (χ4v) is 4.24. The molecule has 0 amide bonds. The van der Waals surface area contributed by atoms with Crippen LogP contribution in [0, 0.1) is 6.92 Å². The Bertz CT molecular complexity index is 459. The van der Waals surface area contributed by atoms with Crippen LogP contribution >= 0.6 is 0 Å². The van der Waals surface area contributed by atoms with Gasteiger partial charge in [0, 0.05) is 0 Å². The minimum Gasteiger partial charge on any atom is -0.0654 e. The van der Waals surface area contributed by atoms with Gasteiger partial charge in [-0.05, 0) is 48.8 Å². The molecule has 0 saturated heterocycles. The van der Waals surface area contributed by atoms with Gasteiger partial charge in [-0.1, -0.05) is 122 Å². The van der Waals surface area contributed by atoms with Crippen molar-refractivity contribution in [3.05, 3.63) is 34.9 Å². The molecule has 0 radical (unpaired) electrons. The van der Waals surface area contributed by atoms with Gasteiger partial charge in [0.1, 0.15) is 0 Å². The number of unbranched alkanes of at least 4 members (excludes halogenated alkanes) is 13. The lowest BCUT2D eigenvalue weighted by molar-refractivity contribution is 0.535. The van der Waals surface area contributed by atoms with Crippen LogP contribution < -0.4 is 0 Å². The van der Waals surface area contributed by atoms with Crippen LogP contribution in [-0.2, 0) is 6.42 Å². The maximum Gasteiger partial charge on any atom is -0.0190 e. The van der Waals surface area contributed by atoms with E-state index >= 15 is 0 Å². The summed E-state index contributed by atoms with van der Waals surface area (Å²) in [6, 6.07) is 6.95. The van der Waals surface area contributed by atoms with E-state index in [9.17, 15) is 0 Å². The Morgan fingerprint density at radius 2 is 1.15 bits per heavy atom. The third-order valence-electron chi connectivity index (χ3n) is 6.43. The summed E-state index contributed by atoms with van der Waals surface area (Å²) in [5, 5.41) is 0. The second-order valence-electron chi connectivity index (χ2n) is 8.79. The summed E-state index contributed by atoms with van der Waals surface area (Å²) in [6.07, 6.45) is 22.7. The van der Waals surface area contributed by atoms with Crippen molar-refractivity contribution in [3.8, 4) is 0 Å². The molecule has 0 nitrogen and oxygen atoms in total. The SMILES string of the molecule is CCCCCCCCCCCCCCCCc1cccc(C(C)CC)c1C. The molecule has 1 aromatic carbocycles. The lowest BCUT2D eigenvalue weighted by Gasteiger charge is -2.16. The number of rotatable bonds is 17. The van der Waals surface area contributed by atoms with Crippen LogP contribution in [0.4, 0.5) is 0 Å². The minimum absolute atomic E-state index is 0.696. The molecule has 0 heteroatoms. The summed E-state index contributed by atoms with van der Waals surface area (Å²) < 4.78 is 0. The third kappa shape index (κ3) is 11.0. The lowest BCUT2D eigenvalue weighted by Crippen LogP contribution is -1.99. The molecule has 0 aliphatic rings. The largest absolute Gasteiger partial charge is 0.0654 e. The zero-order valence-electron chi connectivity index (χ0n) is 19.1. The Labute approximate surface area is 171 Å². The molecule has 0 aliphatic heterocycles. The zero-order chi connectivity index (χ0) is 19.7. The van der Waals surface area contributed by atoms with E-state index in [-0.39, 0.29) is 0 Å². The van der Waals surface area contributed by atoms with Crippen molar-refractivity contribution < 1.29 is 0 Å². The standard InChI is InChI=1S/C27H48/c1-5-7-8-9-10-11-12-13-14-15-16-17-18-19-21-26-22-20-23-27(25(26)4)24(3)6-2/h20,22-24H,5-19,21H2,1-4H3. The summed E-state index contributed by atoms with van der Waals surface area (Å²) in [4.78, 5) is 0. The van der Waals surface area contributed by atoms with Crippen LogP contribution in [0.1, 0.15) is 140 Å². The molecule has 0 N–H and O–H groups in total. The molecule has 27 heavy (non-hydrogen) atoms. The predicted molar refractivity (Wildman–Crippen MR) is 124 cm³/mol. The van der Waals surface area contributed by atoms with Crippen molar-refractivity contribution in [1.82, 2.24) is 0 Å². The van der Waals surface area contributed by atoms with Gasteiger partial charge in [-0.2, -0.15) is 0 Å². The molecular weight excluding hydrogens is 324 g/mol. The molecule has 1 rings (SSSR count). The Morgan fingerprint density at radius 3 is 1.63 bits per heavy atom. The second-order valence-corrected chi connectivity index (χ2v) is 8.79. The minimum atomic E-state index is 0.696. The summed E-state index contributed by atoms with van der Waals surface area (Å²) in [7, 11) is 0. The second kappa shape index (κ2) is 16.2. The van der Waals surface area contributed by atoms with E-state index in [2.05, 4.69) is 45.9 Å². The van der Waals surface area contributed by atoms with Crippen LogP contribution in [0.3, 0.4) is 0 Å². The maximum atomic E-state index is 2.36. The highest BCUT2D eigenvalue weighted by Gasteiger charge is 2.09. The normalized spacial score (nSPS) is 12.4. The van der Waals surface area contributed by atoms with E-state index in [0.717, 1.165) is 0 Å². The molecule has 0 aromatic heterocycles. The number of benzene rings is 1.